The quantitative estimate of drug-likeness (QED) is 0.840. The van der Waals surface area contributed by atoms with E-state index in [1.807, 2.05) is 20.8 Å². The number of rotatable bonds is 5. The third-order valence-corrected chi connectivity index (χ3v) is 4.14. The standard InChI is InChI=1S/C15H23N3O3S/c1-15(2,3)21-14(20)18-6-4-11(10-18)8-16-9-12(19)13-17-5-7-22-13/h5,7,11,16H,4,6,8-10H2,1-3H3. The Labute approximate surface area is 134 Å². The number of amides is 1. The number of ketones is 1. The van der Waals surface area contributed by atoms with Gasteiger partial charge in [0.15, 0.2) is 5.01 Å². The molecule has 7 heteroatoms. The van der Waals surface area contributed by atoms with Gasteiger partial charge in [-0.3, -0.25) is 4.79 Å². The first-order chi connectivity index (χ1) is 10.3. The zero-order valence-corrected chi connectivity index (χ0v) is 14.1. The van der Waals surface area contributed by atoms with Crippen molar-refractivity contribution in [2.45, 2.75) is 32.8 Å². The third-order valence-electron chi connectivity index (χ3n) is 3.33. The van der Waals surface area contributed by atoms with Crippen LogP contribution >= 0.6 is 11.3 Å². The van der Waals surface area contributed by atoms with Crippen molar-refractivity contribution in [3.05, 3.63) is 16.6 Å². The van der Waals surface area contributed by atoms with Gasteiger partial charge in [0.05, 0.1) is 6.54 Å². The summed E-state index contributed by atoms with van der Waals surface area (Å²) in [6.45, 7) is 7.99. The van der Waals surface area contributed by atoms with Crippen LogP contribution in [0, 0.1) is 5.92 Å². The molecule has 0 spiro atoms. The molecule has 2 rings (SSSR count). The van der Waals surface area contributed by atoms with Crippen LogP contribution < -0.4 is 5.32 Å². The number of hydrogen-bond acceptors (Lipinski definition) is 6. The SMILES string of the molecule is CC(C)(C)OC(=O)N1CCC(CNCC(=O)c2nccs2)C1. The normalized spacial score (nSPS) is 18.5. The molecule has 0 aromatic carbocycles. The van der Waals surface area contributed by atoms with Crippen LogP contribution in [0.25, 0.3) is 0 Å². The summed E-state index contributed by atoms with van der Waals surface area (Å²) in [6, 6.07) is 0. The van der Waals surface area contributed by atoms with E-state index in [9.17, 15) is 9.59 Å². The van der Waals surface area contributed by atoms with Gasteiger partial charge in [-0.05, 0) is 33.1 Å². The van der Waals surface area contributed by atoms with Gasteiger partial charge in [0.25, 0.3) is 0 Å². The Morgan fingerprint density at radius 3 is 2.91 bits per heavy atom. The fourth-order valence-corrected chi connectivity index (χ4v) is 2.89. The maximum Gasteiger partial charge on any atom is 0.410 e. The first-order valence-corrected chi connectivity index (χ1v) is 8.34. The second kappa shape index (κ2) is 7.19. The molecule has 1 saturated heterocycles. The predicted molar refractivity (Wildman–Crippen MR) is 85.2 cm³/mol. The highest BCUT2D eigenvalue weighted by molar-refractivity contribution is 7.11. The molecule has 2 heterocycles. The van der Waals surface area contributed by atoms with Gasteiger partial charge in [-0.15, -0.1) is 11.3 Å². The molecular weight excluding hydrogens is 302 g/mol. The van der Waals surface area contributed by atoms with E-state index in [2.05, 4.69) is 10.3 Å². The minimum atomic E-state index is -0.465. The second-order valence-electron chi connectivity index (χ2n) is 6.47. The van der Waals surface area contributed by atoms with Crippen LogP contribution in [0.2, 0.25) is 0 Å². The van der Waals surface area contributed by atoms with Gasteiger partial charge in [0.2, 0.25) is 5.78 Å². The lowest BCUT2D eigenvalue weighted by Crippen LogP contribution is -2.36. The molecule has 0 aliphatic carbocycles. The number of Topliss-reactive ketones (excluding diaryl/α,β-unsaturated/α-hetero) is 1. The molecule has 1 atom stereocenters. The topological polar surface area (TPSA) is 71.5 Å². The van der Waals surface area contributed by atoms with Crippen molar-refractivity contribution in [2.75, 3.05) is 26.2 Å². The Balaban J connectivity index is 1.68. The molecule has 1 amide bonds. The molecule has 1 N–H and O–H groups in total. The number of nitrogens with one attached hydrogen (secondary N) is 1. The number of aromatic nitrogens is 1. The van der Waals surface area contributed by atoms with Gasteiger partial charge in [0.1, 0.15) is 5.60 Å². The molecule has 0 bridgehead atoms. The zero-order chi connectivity index (χ0) is 16.2. The second-order valence-corrected chi connectivity index (χ2v) is 7.37. The summed E-state index contributed by atoms with van der Waals surface area (Å²) in [5.74, 6) is 0.369. The van der Waals surface area contributed by atoms with Gasteiger partial charge >= 0.3 is 6.09 Å². The summed E-state index contributed by atoms with van der Waals surface area (Å²) in [5.41, 5.74) is -0.465. The number of likely N-dealkylation sites (tertiary alicyclic amines) is 1. The van der Waals surface area contributed by atoms with Crippen molar-refractivity contribution < 1.29 is 14.3 Å². The molecule has 1 aliphatic heterocycles. The van der Waals surface area contributed by atoms with Crippen LogP contribution in [0.15, 0.2) is 11.6 Å². The fraction of sp³-hybridized carbons (Fsp3) is 0.667. The Morgan fingerprint density at radius 2 is 2.27 bits per heavy atom. The van der Waals surface area contributed by atoms with Crippen LogP contribution in [-0.2, 0) is 4.74 Å². The van der Waals surface area contributed by atoms with E-state index in [0.29, 0.717) is 24.0 Å². The zero-order valence-electron chi connectivity index (χ0n) is 13.3. The van der Waals surface area contributed by atoms with Gasteiger partial charge in [-0.2, -0.15) is 0 Å². The monoisotopic (exact) mass is 325 g/mol. The van der Waals surface area contributed by atoms with E-state index in [-0.39, 0.29) is 18.4 Å². The Kier molecular flexibility index (Phi) is 5.52. The first-order valence-electron chi connectivity index (χ1n) is 7.46. The highest BCUT2D eigenvalue weighted by Gasteiger charge is 2.29. The summed E-state index contributed by atoms with van der Waals surface area (Å²) in [6.07, 6.45) is 2.31. The van der Waals surface area contributed by atoms with Gasteiger partial charge in [-0.25, -0.2) is 9.78 Å². The number of nitrogens with zero attached hydrogens (tertiary/aromatic N) is 2. The Morgan fingerprint density at radius 1 is 1.50 bits per heavy atom. The number of thiazole rings is 1. The summed E-state index contributed by atoms with van der Waals surface area (Å²) < 4.78 is 5.37. The van der Waals surface area contributed by atoms with E-state index in [4.69, 9.17) is 4.74 Å². The van der Waals surface area contributed by atoms with E-state index in [1.54, 1.807) is 16.5 Å². The average Bonchev–Trinajstić information content (AvgIpc) is 3.08. The summed E-state index contributed by atoms with van der Waals surface area (Å²) in [7, 11) is 0. The number of carbonyl (C=O) groups excluding carboxylic acids is 2. The maximum absolute atomic E-state index is 12.0. The molecule has 6 nitrogen and oxygen atoms in total. The molecule has 122 valence electrons. The highest BCUT2D eigenvalue weighted by Crippen LogP contribution is 2.18. The lowest BCUT2D eigenvalue weighted by atomic mass is 10.1. The molecule has 0 radical (unpaired) electrons. The van der Waals surface area contributed by atoms with Crippen LogP contribution in [0.1, 0.15) is 37.0 Å². The lowest BCUT2D eigenvalue weighted by Gasteiger charge is -2.24. The summed E-state index contributed by atoms with van der Waals surface area (Å²) in [5, 5.41) is 5.49. The number of carbonyl (C=O) groups is 2. The lowest BCUT2D eigenvalue weighted by molar-refractivity contribution is 0.0288. The predicted octanol–water partition coefficient (Wildman–Crippen LogP) is 2.17. The molecule has 1 fully saturated rings. The van der Waals surface area contributed by atoms with Crippen molar-refractivity contribution in [1.82, 2.24) is 15.2 Å². The smallest absolute Gasteiger partial charge is 0.410 e. The van der Waals surface area contributed by atoms with Crippen molar-refractivity contribution in [3.8, 4) is 0 Å². The Bertz CT molecular complexity index is 511. The van der Waals surface area contributed by atoms with E-state index in [1.165, 1.54) is 11.3 Å². The van der Waals surface area contributed by atoms with Crippen molar-refractivity contribution >= 4 is 23.2 Å². The van der Waals surface area contributed by atoms with Crippen LogP contribution in [-0.4, -0.2) is 53.5 Å². The minimum absolute atomic E-state index is 0.0111. The number of hydrogen-bond donors (Lipinski definition) is 1. The van der Waals surface area contributed by atoms with Gasteiger partial charge in [0, 0.05) is 31.2 Å². The fourth-order valence-electron chi connectivity index (χ4n) is 2.32. The van der Waals surface area contributed by atoms with Crippen LogP contribution in [0.5, 0.6) is 0 Å². The molecule has 1 aromatic rings. The van der Waals surface area contributed by atoms with Crippen LogP contribution in [0.4, 0.5) is 4.79 Å². The van der Waals surface area contributed by atoms with E-state index >= 15 is 0 Å². The van der Waals surface area contributed by atoms with Gasteiger partial charge < -0.3 is 15.0 Å². The molecule has 0 saturated carbocycles. The molecule has 1 aromatic heterocycles. The summed E-state index contributed by atoms with van der Waals surface area (Å²) in [4.78, 5) is 29.5. The molecular formula is C15H23N3O3S. The van der Waals surface area contributed by atoms with E-state index < -0.39 is 5.60 Å². The minimum Gasteiger partial charge on any atom is -0.444 e. The van der Waals surface area contributed by atoms with Crippen molar-refractivity contribution in [1.29, 1.82) is 0 Å². The van der Waals surface area contributed by atoms with Crippen LogP contribution in [0.3, 0.4) is 0 Å². The Hall–Kier alpha value is -1.47. The van der Waals surface area contributed by atoms with Crippen molar-refractivity contribution in [3.63, 3.8) is 0 Å². The molecule has 22 heavy (non-hydrogen) atoms. The largest absolute Gasteiger partial charge is 0.444 e. The molecule has 1 aliphatic rings. The van der Waals surface area contributed by atoms with Gasteiger partial charge in [-0.1, -0.05) is 0 Å². The number of ether oxygens (including phenoxy) is 1. The van der Waals surface area contributed by atoms with E-state index in [0.717, 1.165) is 13.0 Å². The maximum atomic E-state index is 12.0. The third kappa shape index (κ3) is 5.06. The average molecular weight is 325 g/mol. The summed E-state index contributed by atoms with van der Waals surface area (Å²) >= 11 is 1.35. The molecule has 1 unspecified atom stereocenters. The van der Waals surface area contributed by atoms with Crippen molar-refractivity contribution in [2.24, 2.45) is 5.92 Å². The first kappa shape index (κ1) is 16.9. The highest BCUT2D eigenvalue weighted by atomic mass is 32.1.